The molecule has 7 heteroatoms. The van der Waals surface area contributed by atoms with Gasteiger partial charge in [0.15, 0.2) is 0 Å². The Balaban J connectivity index is 2.45. The van der Waals surface area contributed by atoms with Crippen LogP contribution in [0, 0.1) is 12.7 Å². The summed E-state index contributed by atoms with van der Waals surface area (Å²) in [6, 6.07) is 2.31. The Morgan fingerprint density at radius 1 is 1.48 bits per heavy atom. The number of hydrogen-bond donors (Lipinski definition) is 1. The maximum atomic E-state index is 13.5. The maximum absolute atomic E-state index is 13.5. The van der Waals surface area contributed by atoms with Crippen molar-refractivity contribution in [1.82, 2.24) is 9.62 Å². The van der Waals surface area contributed by atoms with Crippen molar-refractivity contribution in [1.29, 1.82) is 0 Å². The third kappa shape index (κ3) is 3.39. The largest absolute Gasteiger partial charge is 0.315 e. The van der Waals surface area contributed by atoms with E-state index in [1.165, 1.54) is 17.3 Å². The molecular weight excluding hydrogens is 315 g/mol. The second-order valence-electron chi connectivity index (χ2n) is 5.29. The molecule has 4 nitrogen and oxygen atoms in total. The Bertz CT molecular complexity index is 616. The van der Waals surface area contributed by atoms with Crippen LogP contribution >= 0.6 is 11.6 Å². The summed E-state index contributed by atoms with van der Waals surface area (Å²) in [7, 11) is -3.72. The Morgan fingerprint density at radius 3 is 2.76 bits per heavy atom. The van der Waals surface area contributed by atoms with Crippen LogP contribution in [0.2, 0.25) is 5.02 Å². The van der Waals surface area contributed by atoms with Crippen molar-refractivity contribution < 1.29 is 12.8 Å². The minimum absolute atomic E-state index is 0.0107. The molecule has 1 aromatic rings. The van der Waals surface area contributed by atoms with Crippen molar-refractivity contribution in [2.24, 2.45) is 0 Å². The second kappa shape index (κ2) is 6.60. The lowest BCUT2D eigenvalue weighted by molar-refractivity contribution is 0.335. The zero-order valence-corrected chi connectivity index (χ0v) is 13.8. The van der Waals surface area contributed by atoms with Crippen LogP contribution < -0.4 is 5.32 Å². The van der Waals surface area contributed by atoms with Crippen LogP contribution in [0.15, 0.2) is 17.0 Å². The van der Waals surface area contributed by atoms with Crippen molar-refractivity contribution in [3.05, 3.63) is 28.5 Å². The van der Waals surface area contributed by atoms with Gasteiger partial charge < -0.3 is 5.32 Å². The molecule has 2 rings (SSSR count). The molecular formula is C14H20ClFN2O2S. The minimum Gasteiger partial charge on any atom is -0.315 e. The summed E-state index contributed by atoms with van der Waals surface area (Å²) in [5.41, 5.74) is 0.277. The van der Waals surface area contributed by atoms with E-state index in [1.807, 2.05) is 6.92 Å². The third-order valence-electron chi connectivity index (χ3n) is 3.69. The van der Waals surface area contributed by atoms with Crippen LogP contribution in [-0.2, 0) is 10.0 Å². The van der Waals surface area contributed by atoms with Gasteiger partial charge in [0, 0.05) is 19.1 Å². The van der Waals surface area contributed by atoms with E-state index in [0.29, 0.717) is 19.5 Å². The highest BCUT2D eigenvalue weighted by molar-refractivity contribution is 7.89. The molecule has 1 fully saturated rings. The van der Waals surface area contributed by atoms with Crippen molar-refractivity contribution in [2.75, 3.05) is 19.6 Å². The van der Waals surface area contributed by atoms with E-state index in [1.54, 1.807) is 0 Å². The predicted molar refractivity (Wildman–Crippen MR) is 81.6 cm³/mol. The van der Waals surface area contributed by atoms with Gasteiger partial charge in [-0.15, -0.1) is 0 Å². The first-order valence-corrected chi connectivity index (χ1v) is 8.88. The smallest absolute Gasteiger partial charge is 0.244 e. The Labute approximate surface area is 130 Å². The molecule has 0 spiro atoms. The summed E-state index contributed by atoms with van der Waals surface area (Å²) in [6.45, 7) is 5.34. The van der Waals surface area contributed by atoms with Crippen LogP contribution in [0.25, 0.3) is 0 Å². The van der Waals surface area contributed by atoms with Gasteiger partial charge in [-0.1, -0.05) is 18.5 Å². The van der Waals surface area contributed by atoms with Crippen molar-refractivity contribution in [2.45, 2.75) is 37.6 Å². The molecule has 0 aliphatic carbocycles. The van der Waals surface area contributed by atoms with E-state index in [4.69, 9.17) is 11.6 Å². The number of nitrogens with one attached hydrogen (secondary N) is 1. The molecule has 0 radical (unpaired) electrons. The molecule has 0 aromatic heterocycles. The Morgan fingerprint density at radius 2 is 2.19 bits per heavy atom. The first-order chi connectivity index (χ1) is 9.87. The quantitative estimate of drug-likeness (QED) is 0.900. The number of benzene rings is 1. The van der Waals surface area contributed by atoms with Gasteiger partial charge in [0.05, 0.1) is 5.02 Å². The lowest BCUT2D eigenvalue weighted by Gasteiger charge is -2.27. The number of rotatable bonds is 5. The molecule has 118 valence electrons. The van der Waals surface area contributed by atoms with Gasteiger partial charge in [-0.05, 0) is 44.0 Å². The average molecular weight is 335 g/mol. The van der Waals surface area contributed by atoms with Gasteiger partial charge in [-0.25, -0.2) is 12.8 Å². The molecule has 1 unspecified atom stereocenters. The molecule has 1 N–H and O–H groups in total. The van der Waals surface area contributed by atoms with Crippen molar-refractivity contribution in [3.63, 3.8) is 0 Å². The lowest BCUT2D eigenvalue weighted by Crippen LogP contribution is -2.42. The average Bonchev–Trinajstić information content (AvgIpc) is 2.93. The first kappa shape index (κ1) is 16.7. The molecule has 1 atom stereocenters. The van der Waals surface area contributed by atoms with Crippen molar-refractivity contribution >= 4 is 21.6 Å². The first-order valence-electron chi connectivity index (χ1n) is 7.06. The van der Waals surface area contributed by atoms with Crippen LogP contribution in [0.1, 0.15) is 25.3 Å². The number of halogens is 2. The summed E-state index contributed by atoms with van der Waals surface area (Å²) in [4.78, 5) is -0.0107. The highest BCUT2D eigenvalue weighted by atomic mass is 35.5. The highest BCUT2D eigenvalue weighted by Crippen LogP contribution is 2.29. The highest BCUT2D eigenvalue weighted by Gasteiger charge is 2.34. The monoisotopic (exact) mass is 334 g/mol. The minimum atomic E-state index is -3.72. The van der Waals surface area contributed by atoms with E-state index < -0.39 is 15.8 Å². The normalized spacial score (nSPS) is 19.4. The van der Waals surface area contributed by atoms with Gasteiger partial charge in [0.25, 0.3) is 0 Å². The molecule has 1 aromatic carbocycles. The number of hydrogen-bond acceptors (Lipinski definition) is 3. The number of aryl methyl sites for hydroxylation is 1. The molecule has 1 aliphatic rings. The zero-order valence-electron chi connectivity index (χ0n) is 12.2. The van der Waals surface area contributed by atoms with Gasteiger partial charge in [-0.3, -0.25) is 0 Å². The molecule has 1 heterocycles. The van der Waals surface area contributed by atoms with E-state index in [2.05, 4.69) is 5.32 Å². The molecule has 1 aliphatic heterocycles. The summed E-state index contributed by atoms with van der Waals surface area (Å²) in [6.07, 6.45) is 1.49. The molecule has 0 saturated carbocycles. The summed E-state index contributed by atoms with van der Waals surface area (Å²) in [5.74, 6) is -0.497. The van der Waals surface area contributed by atoms with Gasteiger partial charge in [0.2, 0.25) is 10.0 Å². The maximum Gasteiger partial charge on any atom is 0.244 e. The molecule has 1 saturated heterocycles. The van der Waals surface area contributed by atoms with Crippen LogP contribution in [0.3, 0.4) is 0 Å². The van der Waals surface area contributed by atoms with Crippen LogP contribution in [0.5, 0.6) is 0 Å². The van der Waals surface area contributed by atoms with Crippen LogP contribution in [0.4, 0.5) is 4.39 Å². The topological polar surface area (TPSA) is 49.4 Å². The Kier molecular flexibility index (Phi) is 5.24. The predicted octanol–water partition coefficient (Wildman–Crippen LogP) is 2.55. The zero-order chi connectivity index (χ0) is 15.6. The summed E-state index contributed by atoms with van der Waals surface area (Å²) < 4.78 is 40.8. The molecule has 0 amide bonds. The number of sulfonamides is 1. The second-order valence-corrected chi connectivity index (χ2v) is 7.56. The fourth-order valence-corrected chi connectivity index (χ4v) is 4.88. The van der Waals surface area contributed by atoms with E-state index in [-0.39, 0.29) is 21.5 Å². The van der Waals surface area contributed by atoms with Gasteiger partial charge in [0.1, 0.15) is 10.7 Å². The van der Waals surface area contributed by atoms with Gasteiger partial charge in [-0.2, -0.15) is 4.31 Å². The molecule has 0 bridgehead atoms. The SMILES string of the molecule is CCCN(C1CCNC1)S(=O)(=O)c1cc(C)c(F)cc1Cl. The van der Waals surface area contributed by atoms with Crippen LogP contribution in [-0.4, -0.2) is 38.4 Å². The third-order valence-corrected chi connectivity index (χ3v) is 6.10. The van der Waals surface area contributed by atoms with Gasteiger partial charge >= 0.3 is 0 Å². The summed E-state index contributed by atoms with van der Waals surface area (Å²) in [5, 5.41) is 3.11. The molecule has 21 heavy (non-hydrogen) atoms. The lowest BCUT2D eigenvalue weighted by atomic mass is 10.2. The fourth-order valence-electron chi connectivity index (χ4n) is 2.56. The van der Waals surface area contributed by atoms with E-state index in [0.717, 1.165) is 19.0 Å². The standard InChI is InChI=1S/C14H20ClFN2O2S/c1-3-6-18(11-4-5-17-9-11)21(19,20)14-7-10(2)13(16)8-12(14)15/h7-8,11,17H,3-6,9H2,1-2H3. The van der Waals surface area contributed by atoms with E-state index in [9.17, 15) is 12.8 Å². The Hall–Kier alpha value is -0.690. The number of nitrogens with zero attached hydrogens (tertiary/aromatic N) is 1. The van der Waals surface area contributed by atoms with Crippen molar-refractivity contribution in [3.8, 4) is 0 Å². The summed E-state index contributed by atoms with van der Waals surface area (Å²) >= 11 is 5.98. The fraction of sp³-hybridized carbons (Fsp3) is 0.571. The van der Waals surface area contributed by atoms with E-state index >= 15 is 0 Å².